The van der Waals surface area contributed by atoms with Crippen molar-refractivity contribution in [1.29, 1.82) is 0 Å². The molecule has 3 rings (SSSR count). The Bertz CT molecular complexity index is 976. The van der Waals surface area contributed by atoms with Gasteiger partial charge in [0.2, 0.25) is 11.7 Å². The van der Waals surface area contributed by atoms with Gasteiger partial charge in [-0.15, -0.1) is 11.6 Å². The van der Waals surface area contributed by atoms with Crippen molar-refractivity contribution in [2.75, 3.05) is 19.1 Å². The number of carbonyl (C=O) groups is 2. The van der Waals surface area contributed by atoms with Crippen molar-refractivity contribution >= 4 is 29.2 Å². The summed E-state index contributed by atoms with van der Waals surface area (Å²) in [5.74, 6) is -0.483. The Hall–Kier alpha value is -3.39. The lowest BCUT2D eigenvalue weighted by molar-refractivity contribution is -0.139. The topological polar surface area (TPSA) is 94.8 Å². The quantitative estimate of drug-likeness (QED) is 0.557. The lowest BCUT2D eigenvalue weighted by Gasteiger charge is -2.23. The number of aromatic nitrogens is 2. The molecule has 9 heteroatoms. The maximum Gasteiger partial charge on any atom is 0.355 e. The minimum absolute atomic E-state index is 0.0380. The van der Waals surface area contributed by atoms with Gasteiger partial charge in [-0.1, -0.05) is 11.2 Å². The number of hydrogen-bond donors (Lipinski definition) is 0. The molecule has 0 saturated heterocycles. The Balaban J connectivity index is 2.02. The molecule has 0 amide bonds. The Kier molecular flexibility index (Phi) is 5.90. The van der Waals surface area contributed by atoms with Crippen LogP contribution in [0.25, 0.3) is 11.4 Å². The molecule has 2 aromatic rings. The van der Waals surface area contributed by atoms with Gasteiger partial charge in [0.25, 0.3) is 0 Å². The minimum atomic E-state index is -0.675. The van der Waals surface area contributed by atoms with Crippen LogP contribution in [0.15, 0.2) is 64.5 Å². The maximum absolute atomic E-state index is 12.4. The van der Waals surface area contributed by atoms with Crippen molar-refractivity contribution in [3.63, 3.8) is 0 Å². The largest absolute Gasteiger partial charge is 0.465 e. The second kappa shape index (κ2) is 8.53. The van der Waals surface area contributed by atoms with Crippen LogP contribution >= 0.6 is 11.6 Å². The molecular formula is C19H16ClN3O5. The van der Waals surface area contributed by atoms with E-state index in [0.717, 1.165) is 0 Å². The third-order valence-corrected chi connectivity index (χ3v) is 4.10. The van der Waals surface area contributed by atoms with Crippen LogP contribution in [0.5, 0.6) is 0 Å². The summed E-state index contributed by atoms with van der Waals surface area (Å²) in [7, 11) is 2.49. The Morgan fingerprint density at radius 1 is 1.11 bits per heavy atom. The number of esters is 2. The zero-order valence-electron chi connectivity index (χ0n) is 15.1. The number of methoxy groups -OCH3 is 2. The van der Waals surface area contributed by atoms with Gasteiger partial charge in [0.05, 0.1) is 19.8 Å². The summed E-state index contributed by atoms with van der Waals surface area (Å²) >= 11 is 5.68. The molecule has 0 atom stereocenters. The van der Waals surface area contributed by atoms with Crippen LogP contribution in [0, 0.1) is 0 Å². The number of ether oxygens (including phenoxy) is 2. The predicted octanol–water partition coefficient (Wildman–Crippen LogP) is 2.97. The molecule has 0 bridgehead atoms. The second-order valence-corrected chi connectivity index (χ2v) is 5.78. The number of anilines is 1. The molecule has 1 aromatic carbocycles. The first-order chi connectivity index (χ1) is 13.6. The van der Waals surface area contributed by atoms with Crippen LogP contribution in [0.3, 0.4) is 0 Å². The molecule has 144 valence electrons. The third-order valence-electron chi connectivity index (χ3n) is 3.88. The van der Waals surface area contributed by atoms with Crippen LogP contribution in [0.2, 0.25) is 0 Å². The highest BCUT2D eigenvalue weighted by molar-refractivity contribution is 6.16. The number of rotatable bonds is 5. The van der Waals surface area contributed by atoms with Gasteiger partial charge in [-0.3, -0.25) is 0 Å². The third kappa shape index (κ3) is 3.81. The minimum Gasteiger partial charge on any atom is -0.465 e. The molecule has 28 heavy (non-hydrogen) atoms. The second-order valence-electron chi connectivity index (χ2n) is 5.51. The molecule has 0 aliphatic carbocycles. The van der Waals surface area contributed by atoms with Gasteiger partial charge in [0.1, 0.15) is 11.6 Å². The van der Waals surface area contributed by atoms with E-state index in [0.29, 0.717) is 23.0 Å². The first kappa shape index (κ1) is 19.4. The van der Waals surface area contributed by atoms with E-state index < -0.39 is 11.9 Å². The van der Waals surface area contributed by atoms with Crippen LogP contribution in [0.1, 0.15) is 5.89 Å². The summed E-state index contributed by atoms with van der Waals surface area (Å²) in [6.07, 6.45) is 6.47. The number of hydrogen-bond acceptors (Lipinski definition) is 8. The fraction of sp³-hybridized carbons (Fsp3) is 0.158. The maximum atomic E-state index is 12.4. The molecule has 0 N–H and O–H groups in total. The Labute approximate surface area is 165 Å². The molecule has 0 unspecified atom stereocenters. The molecular weight excluding hydrogens is 386 g/mol. The molecule has 1 aliphatic heterocycles. The Morgan fingerprint density at radius 3 is 2.43 bits per heavy atom. The number of alkyl halides is 1. The lowest BCUT2D eigenvalue weighted by Crippen LogP contribution is -2.26. The van der Waals surface area contributed by atoms with Crippen molar-refractivity contribution in [2.45, 2.75) is 5.88 Å². The van der Waals surface area contributed by atoms with Crippen molar-refractivity contribution < 1.29 is 23.6 Å². The number of allylic oxidation sites excluding steroid dienone is 2. The van der Waals surface area contributed by atoms with Gasteiger partial charge in [0.15, 0.2) is 0 Å². The summed E-state index contributed by atoms with van der Waals surface area (Å²) in [5.41, 5.74) is 1.44. The van der Waals surface area contributed by atoms with Crippen LogP contribution in [-0.4, -0.2) is 36.3 Å². The Morgan fingerprint density at radius 2 is 1.82 bits per heavy atom. The van der Waals surface area contributed by atoms with E-state index in [-0.39, 0.29) is 17.2 Å². The van der Waals surface area contributed by atoms with Crippen molar-refractivity contribution in [3.05, 3.63) is 65.9 Å². The molecule has 0 saturated carbocycles. The number of carbonyl (C=O) groups excluding carboxylic acids is 2. The molecule has 8 nitrogen and oxygen atoms in total. The van der Waals surface area contributed by atoms with E-state index in [1.165, 1.54) is 20.3 Å². The standard InChI is InChI=1S/C19H16ClN3O5/c1-26-18(24)14-5-3-4-10-23(16(14)19(25)27-2)13-8-6-12(7-9-13)17-21-15(11-20)28-22-17/h3-10H,11H2,1-2H3. The first-order valence-corrected chi connectivity index (χ1v) is 8.66. The molecule has 2 heterocycles. The SMILES string of the molecule is COC(=O)C1=C(C(=O)OC)N(c2ccc(-c3noc(CCl)n3)cc2)C=CC=C1. The van der Waals surface area contributed by atoms with E-state index in [4.69, 9.17) is 25.6 Å². The summed E-state index contributed by atoms with van der Waals surface area (Å²) in [6.45, 7) is 0. The van der Waals surface area contributed by atoms with Gasteiger partial charge in [0, 0.05) is 17.5 Å². The molecule has 1 aromatic heterocycles. The van der Waals surface area contributed by atoms with Crippen LogP contribution in [-0.2, 0) is 24.9 Å². The highest BCUT2D eigenvalue weighted by atomic mass is 35.5. The van der Waals surface area contributed by atoms with E-state index in [2.05, 4.69) is 10.1 Å². The zero-order valence-corrected chi connectivity index (χ0v) is 15.8. The van der Waals surface area contributed by atoms with E-state index in [9.17, 15) is 9.59 Å². The fourth-order valence-electron chi connectivity index (χ4n) is 2.56. The number of halogens is 1. The van der Waals surface area contributed by atoms with Crippen molar-refractivity contribution in [1.82, 2.24) is 10.1 Å². The van der Waals surface area contributed by atoms with E-state index >= 15 is 0 Å². The monoisotopic (exact) mass is 401 g/mol. The van der Waals surface area contributed by atoms with Crippen molar-refractivity contribution in [2.24, 2.45) is 0 Å². The first-order valence-electron chi connectivity index (χ1n) is 8.13. The molecule has 0 spiro atoms. The average molecular weight is 402 g/mol. The smallest absolute Gasteiger partial charge is 0.355 e. The summed E-state index contributed by atoms with van der Waals surface area (Å²) in [6, 6.07) is 7.02. The summed E-state index contributed by atoms with van der Waals surface area (Å²) in [5, 5.41) is 3.86. The predicted molar refractivity (Wildman–Crippen MR) is 101 cm³/mol. The van der Waals surface area contributed by atoms with Gasteiger partial charge in [-0.25, -0.2) is 9.59 Å². The molecule has 0 radical (unpaired) electrons. The van der Waals surface area contributed by atoms with E-state index in [1.54, 1.807) is 47.5 Å². The van der Waals surface area contributed by atoms with Gasteiger partial charge < -0.3 is 18.9 Å². The van der Waals surface area contributed by atoms with Crippen LogP contribution in [0.4, 0.5) is 5.69 Å². The van der Waals surface area contributed by atoms with Crippen molar-refractivity contribution in [3.8, 4) is 11.4 Å². The zero-order chi connectivity index (χ0) is 20.1. The molecule has 1 aliphatic rings. The fourth-order valence-corrected chi connectivity index (χ4v) is 2.67. The van der Waals surface area contributed by atoms with Crippen LogP contribution < -0.4 is 4.90 Å². The van der Waals surface area contributed by atoms with Gasteiger partial charge in [-0.2, -0.15) is 4.98 Å². The van der Waals surface area contributed by atoms with Gasteiger partial charge >= 0.3 is 11.9 Å². The lowest BCUT2D eigenvalue weighted by atomic mass is 10.1. The average Bonchev–Trinajstić information content (AvgIpc) is 3.11. The number of nitrogens with zero attached hydrogens (tertiary/aromatic N) is 3. The highest BCUT2D eigenvalue weighted by Crippen LogP contribution is 2.28. The van der Waals surface area contributed by atoms with Gasteiger partial charge in [-0.05, 0) is 36.4 Å². The molecule has 0 fully saturated rings. The summed E-state index contributed by atoms with van der Waals surface area (Å²) in [4.78, 5) is 30.3. The van der Waals surface area contributed by atoms with E-state index in [1.807, 2.05) is 0 Å². The normalized spacial score (nSPS) is 13.5. The highest BCUT2D eigenvalue weighted by Gasteiger charge is 2.27. The number of benzene rings is 1. The summed E-state index contributed by atoms with van der Waals surface area (Å²) < 4.78 is 14.7.